The van der Waals surface area contributed by atoms with Gasteiger partial charge in [-0.25, -0.2) is 0 Å². The van der Waals surface area contributed by atoms with E-state index < -0.39 is 0 Å². The Morgan fingerprint density at radius 2 is 1.88 bits per heavy atom. The van der Waals surface area contributed by atoms with E-state index in [9.17, 15) is 0 Å². The first-order valence-corrected chi connectivity index (χ1v) is 5.69. The molecule has 0 aliphatic rings. The van der Waals surface area contributed by atoms with Gasteiger partial charge in [-0.15, -0.1) is 0 Å². The van der Waals surface area contributed by atoms with Crippen LogP contribution in [0.4, 0.5) is 5.69 Å². The standard InChI is InChI=1S/C15H17NO/c1-11-4-3-5-15(8-11)17-10-13-6-7-14(16)9-12(13)2/h3-9H,10,16H2,1-2H3. The minimum Gasteiger partial charge on any atom is -0.489 e. The molecule has 2 heteroatoms. The number of ether oxygens (including phenoxy) is 1. The topological polar surface area (TPSA) is 35.2 Å². The van der Waals surface area contributed by atoms with Crippen LogP contribution in [0.2, 0.25) is 0 Å². The summed E-state index contributed by atoms with van der Waals surface area (Å²) in [5, 5.41) is 0. The van der Waals surface area contributed by atoms with E-state index in [1.807, 2.05) is 43.3 Å². The fourth-order valence-electron chi connectivity index (χ4n) is 1.75. The van der Waals surface area contributed by atoms with Crippen LogP contribution < -0.4 is 10.5 Å². The van der Waals surface area contributed by atoms with Crippen LogP contribution in [0, 0.1) is 13.8 Å². The number of nitrogen functional groups attached to an aromatic ring is 1. The van der Waals surface area contributed by atoms with Crippen LogP contribution in [0.3, 0.4) is 0 Å². The largest absolute Gasteiger partial charge is 0.489 e. The van der Waals surface area contributed by atoms with Crippen molar-refractivity contribution in [3.63, 3.8) is 0 Å². The number of hydrogen-bond donors (Lipinski definition) is 1. The third-order valence-electron chi connectivity index (χ3n) is 2.75. The average Bonchev–Trinajstić information content (AvgIpc) is 2.28. The van der Waals surface area contributed by atoms with Gasteiger partial charge < -0.3 is 10.5 Å². The maximum Gasteiger partial charge on any atom is 0.120 e. The van der Waals surface area contributed by atoms with Crippen molar-refractivity contribution in [3.8, 4) is 5.75 Å². The van der Waals surface area contributed by atoms with Crippen molar-refractivity contribution in [1.29, 1.82) is 0 Å². The summed E-state index contributed by atoms with van der Waals surface area (Å²) in [5.74, 6) is 0.904. The summed E-state index contributed by atoms with van der Waals surface area (Å²) in [6.07, 6.45) is 0. The third-order valence-corrected chi connectivity index (χ3v) is 2.75. The summed E-state index contributed by atoms with van der Waals surface area (Å²) < 4.78 is 5.75. The predicted molar refractivity (Wildman–Crippen MR) is 71.1 cm³/mol. The molecule has 2 nitrogen and oxygen atoms in total. The molecule has 0 saturated heterocycles. The molecule has 2 aromatic carbocycles. The van der Waals surface area contributed by atoms with Gasteiger partial charge in [0.25, 0.3) is 0 Å². The lowest BCUT2D eigenvalue weighted by Gasteiger charge is -2.09. The van der Waals surface area contributed by atoms with Crippen molar-refractivity contribution < 1.29 is 4.74 Å². The molecule has 0 saturated carbocycles. The van der Waals surface area contributed by atoms with Gasteiger partial charge in [0.2, 0.25) is 0 Å². The summed E-state index contributed by atoms with van der Waals surface area (Å²) in [5.41, 5.74) is 10.0. The monoisotopic (exact) mass is 227 g/mol. The van der Waals surface area contributed by atoms with Crippen molar-refractivity contribution >= 4 is 5.69 Å². The maximum atomic E-state index is 5.75. The second kappa shape index (κ2) is 4.91. The van der Waals surface area contributed by atoms with E-state index in [-0.39, 0.29) is 0 Å². The number of anilines is 1. The zero-order chi connectivity index (χ0) is 12.3. The van der Waals surface area contributed by atoms with Crippen molar-refractivity contribution in [2.24, 2.45) is 0 Å². The summed E-state index contributed by atoms with van der Waals surface area (Å²) in [6, 6.07) is 13.9. The molecular formula is C15H17NO. The van der Waals surface area contributed by atoms with Gasteiger partial charge in [-0.3, -0.25) is 0 Å². The zero-order valence-electron chi connectivity index (χ0n) is 10.2. The number of hydrogen-bond acceptors (Lipinski definition) is 2. The van der Waals surface area contributed by atoms with Gasteiger partial charge in [-0.2, -0.15) is 0 Å². The fraction of sp³-hybridized carbons (Fsp3) is 0.200. The highest BCUT2D eigenvalue weighted by Crippen LogP contribution is 2.17. The summed E-state index contributed by atoms with van der Waals surface area (Å²) in [6.45, 7) is 4.68. The van der Waals surface area contributed by atoms with Gasteiger partial charge in [0, 0.05) is 5.69 Å². The van der Waals surface area contributed by atoms with E-state index in [0.717, 1.165) is 17.0 Å². The molecule has 0 unspecified atom stereocenters. The Hall–Kier alpha value is -1.96. The molecule has 2 aromatic rings. The summed E-state index contributed by atoms with van der Waals surface area (Å²) in [4.78, 5) is 0. The van der Waals surface area contributed by atoms with E-state index >= 15 is 0 Å². The Balaban J connectivity index is 2.07. The molecule has 0 aromatic heterocycles. The molecule has 0 amide bonds. The van der Waals surface area contributed by atoms with Crippen LogP contribution in [0.15, 0.2) is 42.5 Å². The third kappa shape index (κ3) is 3.00. The van der Waals surface area contributed by atoms with E-state index in [1.165, 1.54) is 11.1 Å². The Morgan fingerprint density at radius 3 is 2.59 bits per heavy atom. The SMILES string of the molecule is Cc1cccc(OCc2ccc(N)cc2C)c1. The van der Waals surface area contributed by atoms with Gasteiger partial charge in [0.1, 0.15) is 12.4 Å². The molecule has 2 N–H and O–H groups in total. The van der Waals surface area contributed by atoms with E-state index in [4.69, 9.17) is 10.5 Å². The molecule has 88 valence electrons. The highest BCUT2D eigenvalue weighted by Gasteiger charge is 2.00. The molecule has 0 atom stereocenters. The molecule has 0 fully saturated rings. The molecular weight excluding hydrogens is 210 g/mol. The van der Waals surface area contributed by atoms with Gasteiger partial charge in [0.05, 0.1) is 0 Å². The second-order valence-corrected chi connectivity index (χ2v) is 4.29. The van der Waals surface area contributed by atoms with Gasteiger partial charge in [0.15, 0.2) is 0 Å². The number of rotatable bonds is 3. The second-order valence-electron chi connectivity index (χ2n) is 4.29. The van der Waals surface area contributed by atoms with E-state index in [0.29, 0.717) is 6.61 Å². The Kier molecular flexibility index (Phi) is 3.33. The maximum absolute atomic E-state index is 5.75. The lowest BCUT2D eigenvalue weighted by molar-refractivity contribution is 0.305. The van der Waals surface area contributed by atoms with Crippen LogP contribution >= 0.6 is 0 Å². The summed E-state index contributed by atoms with van der Waals surface area (Å²) in [7, 11) is 0. The number of benzene rings is 2. The smallest absolute Gasteiger partial charge is 0.120 e. The lowest BCUT2D eigenvalue weighted by atomic mass is 10.1. The minimum atomic E-state index is 0.579. The van der Waals surface area contributed by atoms with Gasteiger partial charge in [-0.1, -0.05) is 18.2 Å². The number of aryl methyl sites for hydroxylation is 2. The van der Waals surface area contributed by atoms with E-state index in [1.54, 1.807) is 0 Å². The van der Waals surface area contributed by atoms with Crippen molar-refractivity contribution in [2.75, 3.05) is 5.73 Å². The number of nitrogens with two attached hydrogens (primary N) is 1. The van der Waals surface area contributed by atoms with Crippen LogP contribution in [0.1, 0.15) is 16.7 Å². The Morgan fingerprint density at radius 1 is 1.06 bits per heavy atom. The van der Waals surface area contributed by atoms with Gasteiger partial charge in [-0.05, 0) is 54.8 Å². The average molecular weight is 227 g/mol. The van der Waals surface area contributed by atoms with Crippen LogP contribution in [0.25, 0.3) is 0 Å². The van der Waals surface area contributed by atoms with Gasteiger partial charge >= 0.3 is 0 Å². The summed E-state index contributed by atoms with van der Waals surface area (Å²) >= 11 is 0. The van der Waals surface area contributed by atoms with Crippen molar-refractivity contribution in [1.82, 2.24) is 0 Å². The first-order chi connectivity index (χ1) is 8.15. The van der Waals surface area contributed by atoms with Crippen molar-refractivity contribution in [2.45, 2.75) is 20.5 Å². The highest BCUT2D eigenvalue weighted by molar-refractivity contribution is 5.44. The zero-order valence-corrected chi connectivity index (χ0v) is 10.2. The molecule has 0 aliphatic heterocycles. The van der Waals surface area contributed by atoms with E-state index in [2.05, 4.69) is 13.0 Å². The normalized spacial score (nSPS) is 10.2. The molecule has 0 radical (unpaired) electrons. The first kappa shape index (κ1) is 11.5. The van der Waals surface area contributed by atoms with Crippen LogP contribution in [0.5, 0.6) is 5.75 Å². The quantitative estimate of drug-likeness (QED) is 0.815. The molecule has 17 heavy (non-hydrogen) atoms. The molecule has 0 heterocycles. The fourth-order valence-corrected chi connectivity index (χ4v) is 1.75. The molecule has 0 aliphatic carbocycles. The molecule has 0 bridgehead atoms. The molecule has 2 rings (SSSR count). The first-order valence-electron chi connectivity index (χ1n) is 5.69. The van der Waals surface area contributed by atoms with Crippen LogP contribution in [-0.4, -0.2) is 0 Å². The Labute approximate surface area is 102 Å². The predicted octanol–water partition coefficient (Wildman–Crippen LogP) is 3.46. The lowest BCUT2D eigenvalue weighted by Crippen LogP contribution is -1.99. The van der Waals surface area contributed by atoms with Crippen LogP contribution in [-0.2, 0) is 6.61 Å². The minimum absolute atomic E-state index is 0.579. The molecule has 0 spiro atoms. The Bertz CT molecular complexity index is 520. The van der Waals surface area contributed by atoms with Crippen molar-refractivity contribution in [3.05, 3.63) is 59.2 Å². The highest BCUT2D eigenvalue weighted by atomic mass is 16.5.